The van der Waals surface area contributed by atoms with Crippen molar-refractivity contribution in [1.82, 2.24) is 10.3 Å². The summed E-state index contributed by atoms with van der Waals surface area (Å²) in [5.74, 6) is 0.144. The number of nitrogens with zero attached hydrogens (tertiary/aromatic N) is 1. The minimum absolute atomic E-state index is 0.194. The van der Waals surface area contributed by atoms with E-state index < -0.39 is 0 Å². The summed E-state index contributed by atoms with van der Waals surface area (Å²) in [6, 6.07) is 16.0. The molecule has 0 aliphatic rings. The van der Waals surface area contributed by atoms with E-state index in [0.29, 0.717) is 25.1 Å². The van der Waals surface area contributed by atoms with Crippen molar-refractivity contribution in [1.29, 1.82) is 0 Å². The third kappa shape index (κ3) is 6.39. The maximum absolute atomic E-state index is 11.9. The van der Waals surface area contributed by atoms with Gasteiger partial charge in [-0.05, 0) is 65.6 Å². The summed E-state index contributed by atoms with van der Waals surface area (Å²) in [6.45, 7) is 0.990. The van der Waals surface area contributed by atoms with Gasteiger partial charge in [0.25, 0.3) is 0 Å². The average Bonchev–Trinajstić information content (AvgIpc) is 2.75. The number of pyridine rings is 1. The molecule has 148 valence electrons. The number of hydrogen-bond acceptors (Lipinski definition) is 5. The quantitative estimate of drug-likeness (QED) is 0.405. The Hall–Kier alpha value is -3.80. The summed E-state index contributed by atoms with van der Waals surface area (Å²) < 4.78 is 5.74. The van der Waals surface area contributed by atoms with Crippen molar-refractivity contribution in [3.05, 3.63) is 89.8 Å². The van der Waals surface area contributed by atoms with Crippen molar-refractivity contribution in [2.24, 2.45) is 0 Å². The van der Waals surface area contributed by atoms with E-state index in [4.69, 9.17) is 4.74 Å². The lowest BCUT2D eigenvalue weighted by Crippen LogP contribution is -2.23. The lowest BCUT2D eigenvalue weighted by atomic mass is 10.1. The summed E-state index contributed by atoms with van der Waals surface area (Å²) in [6.07, 6.45) is 7.13. The molecule has 6 nitrogen and oxygen atoms in total. The fourth-order valence-corrected chi connectivity index (χ4v) is 2.60. The van der Waals surface area contributed by atoms with Crippen LogP contribution >= 0.6 is 0 Å². The van der Waals surface area contributed by atoms with Gasteiger partial charge < -0.3 is 20.3 Å². The Morgan fingerprint density at radius 2 is 1.72 bits per heavy atom. The van der Waals surface area contributed by atoms with Crippen molar-refractivity contribution < 1.29 is 19.7 Å². The van der Waals surface area contributed by atoms with Crippen LogP contribution in [0.3, 0.4) is 0 Å². The van der Waals surface area contributed by atoms with Crippen LogP contribution < -0.4 is 10.1 Å². The number of aromatic nitrogens is 1. The van der Waals surface area contributed by atoms with Gasteiger partial charge >= 0.3 is 0 Å². The second-order valence-corrected chi connectivity index (χ2v) is 6.41. The van der Waals surface area contributed by atoms with Gasteiger partial charge in [0, 0.05) is 25.0 Å². The first-order chi connectivity index (χ1) is 14.1. The number of benzene rings is 2. The molecule has 0 saturated heterocycles. The number of carbonyl (C=O) groups is 1. The number of nitrogens with one attached hydrogen (secondary N) is 1. The van der Waals surface area contributed by atoms with Crippen molar-refractivity contribution in [3.8, 4) is 17.2 Å². The minimum Gasteiger partial charge on any atom is -0.504 e. The molecule has 0 atom stereocenters. The van der Waals surface area contributed by atoms with Crippen LogP contribution in [0.5, 0.6) is 17.2 Å². The van der Waals surface area contributed by atoms with Gasteiger partial charge in [-0.2, -0.15) is 0 Å². The number of phenolic OH excluding ortho intramolecular Hbond substituents is 2. The van der Waals surface area contributed by atoms with Gasteiger partial charge in [0.15, 0.2) is 11.5 Å². The van der Waals surface area contributed by atoms with Crippen LogP contribution in [0.4, 0.5) is 0 Å². The highest BCUT2D eigenvalue weighted by molar-refractivity contribution is 5.91. The van der Waals surface area contributed by atoms with E-state index in [-0.39, 0.29) is 17.4 Å². The number of amides is 1. The molecule has 0 radical (unpaired) electrons. The van der Waals surface area contributed by atoms with Gasteiger partial charge in [-0.1, -0.05) is 18.2 Å². The Labute approximate surface area is 169 Å². The number of phenols is 2. The normalized spacial score (nSPS) is 10.8. The van der Waals surface area contributed by atoms with Crippen LogP contribution in [0.15, 0.2) is 73.1 Å². The van der Waals surface area contributed by atoms with Gasteiger partial charge in [0.05, 0.1) is 0 Å². The first-order valence-electron chi connectivity index (χ1n) is 9.19. The molecule has 1 heterocycles. The number of aromatic hydroxyl groups is 2. The largest absolute Gasteiger partial charge is 0.504 e. The van der Waals surface area contributed by atoms with E-state index >= 15 is 0 Å². The fraction of sp³-hybridized carbons (Fsp3) is 0.130. The molecule has 2 aromatic carbocycles. The molecule has 0 unspecified atom stereocenters. The molecule has 0 fully saturated rings. The second-order valence-electron chi connectivity index (χ2n) is 6.41. The second kappa shape index (κ2) is 9.94. The molecule has 29 heavy (non-hydrogen) atoms. The lowest BCUT2D eigenvalue weighted by Gasteiger charge is -2.07. The molecule has 3 rings (SSSR count). The molecule has 1 aromatic heterocycles. The van der Waals surface area contributed by atoms with E-state index in [1.165, 1.54) is 18.2 Å². The highest BCUT2D eigenvalue weighted by Crippen LogP contribution is 2.25. The van der Waals surface area contributed by atoms with Crippen molar-refractivity contribution in [3.63, 3.8) is 0 Å². The van der Waals surface area contributed by atoms with Crippen molar-refractivity contribution in [2.75, 3.05) is 6.54 Å². The van der Waals surface area contributed by atoms with Crippen LogP contribution in [0.2, 0.25) is 0 Å². The van der Waals surface area contributed by atoms with Crippen LogP contribution in [0.25, 0.3) is 6.08 Å². The predicted octanol–water partition coefficient (Wildman–Crippen LogP) is 3.44. The highest BCUT2D eigenvalue weighted by atomic mass is 16.5. The van der Waals surface area contributed by atoms with Crippen LogP contribution in [0.1, 0.15) is 16.7 Å². The Balaban J connectivity index is 1.41. The highest BCUT2D eigenvalue weighted by Gasteiger charge is 2.01. The van der Waals surface area contributed by atoms with Crippen LogP contribution in [-0.2, 0) is 17.8 Å². The van der Waals surface area contributed by atoms with E-state index in [2.05, 4.69) is 10.3 Å². The summed E-state index contributed by atoms with van der Waals surface area (Å²) >= 11 is 0. The molecular weight excluding hydrogens is 368 g/mol. The Morgan fingerprint density at radius 1 is 0.966 bits per heavy atom. The molecule has 3 N–H and O–H groups in total. The Morgan fingerprint density at radius 3 is 2.45 bits per heavy atom. The fourth-order valence-electron chi connectivity index (χ4n) is 2.60. The maximum atomic E-state index is 11.9. The zero-order valence-electron chi connectivity index (χ0n) is 15.8. The van der Waals surface area contributed by atoms with E-state index in [1.54, 1.807) is 24.5 Å². The third-order valence-electron chi connectivity index (χ3n) is 4.22. The van der Waals surface area contributed by atoms with E-state index in [9.17, 15) is 15.0 Å². The van der Waals surface area contributed by atoms with Crippen molar-refractivity contribution in [2.45, 2.75) is 13.0 Å². The zero-order valence-corrected chi connectivity index (χ0v) is 15.8. The predicted molar refractivity (Wildman–Crippen MR) is 111 cm³/mol. The third-order valence-corrected chi connectivity index (χ3v) is 4.22. The summed E-state index contributed by atoms with van der Waals surface area (Å²) in [5, 5.41) is 21.5. The molecule has 3 aromatic rings. The van der Waals surface area contributed by atoms with Gasteiger partial charge in [-0.3, -0.25) is 9.78 Å². The molecule has 0 aliphatic carbocycles. The summed E-state index contributed by atoms with van der Waals surface area (Å²) in [7, 11) is 0. The first-order valence-corrected chi connectivity index (χ1v) is 9.19. The number of ether oxygens (including phenoxy) is 1. The molecule has 6 heteroatoms. The van der Waals surface area contributed by atoms with Gasteiger partial charge in [-0.25, -0.2) is 0 Å². The zero-order chi connectivity index (χ0) is 20.5. The Bertz CT molecular complexity index is 970. The minimum atomic E-state index is -0.227. The first kappa shape index (κ1) is 19.9. The monoisotopic (exact) mass is 390 g/mol. The SMILES string of the molecule is O=C(/C=C/c1ccc(O)c(O)c1)NCCc1ccc(OCc2ccncc2)cc1. The topological polar surface area (TPSA) is 91.7 Å². The van der Waals surface area contributed by atoms with Crippen molar-refractivity contribution >= 4 is 12.0 Å². The van der Waals surface area contributed by atoms with Crippen LogP contribution in [-0.4, -0.2) is 27.6 Å². The van der Waals surface area contributed by atoms with E-state index in [1.807, 2.05) is 36.4 Å². The molecule has 1 amide bonds. The average molecular weight is 390 g/mol. The molecule has 0 bridgehead atoms. The summed E-state index contributed by atoms with van der Waals surface area (Å²) in [4.78, 5) is 15.9. The molecular formula is C23H22N2O4. The van der Waals surface area contributed by atoms with E-state index in [0.717, 1.165) is 16.9 Å². The number of carbonyl (C=O) groups excluding carboxylic acids is 1. The number of rotatable bonds is 8. The maximum Gasteiger partial charge on any atom is 0.244 e. The molecule has 0 saturated carbocycles. The molecule has 0 aliphatic heterocycles. The standard InChI is InChI=1S/C23H22N2O4/c26-21-7-3-18(15-22(21)27)4-8-23(28)25-14-11-17-1-5-20(6-2-17)29-16-19-9-12-24-13-10-19/h1-10,12-13,15,26-27H,11,14,16H2,(H,25,28)/b8-4+. The smallest absolute Gasteiger partial charge is 0.244 e. The lowest BCUT2D eigenvalue weighted by molar-refractivity contribution is -0.116. The van der Waals surface area contributed by atoms with Gasteiger partial charge in [0.2, 0.25) is 5.91 Å². The van der Waals surface area contributed by atoms with Gasteiger partial charge in [-0.15, -0.1) is 0 Å². The Kier molecular flexibility index (Phi) is 6.84. The summed E-state index contributed by atoms with van der Waals surface area (Å²) in [5.41, 5.74) is 2.77. The van der Waals surface area contributed by atoms with Crippen LogP contribution in [0, 0.1) is 0 Å². The van der Waals surface area contributed by atoms with Gasteiger partial charge in [0.1, 0.15) is 12.4 Å². The number of hydrogen-bond donors (Lipinski definition) is 3. The molecule has 0 spiro atoms.